The Bertz CT molecular complexity index is 1510. The summed E-state index contributed by atoms with van der Waals surface area (Å²) in [5.74, 6) is -5.59. The third kappa shape index (κ3) is 5.21. The summed E-state index contributed by atoms with van der Waals surface area (Å²) in [5, 5.41) is 4.15. The van der Waals surface area contributed by atoms with Gasteiger partial charge in [0.1, 0.15) is 17.4 Å². The predicted octanol–water partition coefficient (Wildman–Crippen LogP) is 6.88. The van der Waals surface area contributed by atoms with Crippen molar-refractivity contribution in [2.24, 2.45) is 0 Å². The summed E-state index contributed by atoms with van der Waals surface area (Å²) in [5.41, 5.74) is 0.266. The molecule has 1 aliphatic rings. The summed E-state index contributed by atoms with van der Waals surface area (Å²) in [6, 6.07) is 7.28. The number of carbonyl (C=O) groups is 1. The van der Waals surface area contributed by atoms with Crippen LogP contribution in [0.5, 0.6) is 11.5 Å². The average molecular weight is 532 g/mol. The summed E-state index contributed by atoms with van der Waals surface area (Å²) >= 11 is 5.60. The number of hydrogen-bond donors (Lipinski definition) is 2. The third-order valence-electron chi connectivity index (χ3n) is 5.69. The van der Waals surface area contributed by atoms with E-state index in [-0.39, 0.29) is 16.5 Å². The first-order chi connectivity index (χ1) is 17.8. The van der Waals surface area contributed by atoms with E-state index in [9.17, 15) is 18.0 Å². The number of halogens is 5. The number of fused-ring (bicyclic) bond motifs is 1. The molecule has 1 fully saturated rings. The molecule has 12 heteroatoms. The highest BCUT2D eigenvalue weighted by molar-refractivity contribution is 6.30. The van der Waals surface area contributed by atoms with Gasteiger partial charge in [-0.1, -0.05) is 11.6 Å². The average Bonchev–Trinajstić information content (AvgIpc) is 3.42. The second-order valence-corrected chi connectivity index (χ2v) is 8.65. The second-order valence-electron chi connectivity index (χ2n) is 8.25. The van der Waals surface area contributed by atoms with Crippen LogP contribution < -0.4 is 20.3 Å². The standard InChI is InChI=1S/C25H18ClF4N5O2/c26-15-5-3-13(9-16(15)27)32-25(36)34-20-11-17(28)22(29)24(23(20)30)37-14-4-6-18-19(10-14)33-21(12-31-18)35-7-1-2-8-35/h3-6,9-12H,1-2,7-8H2,(H2,32,34,36). The van der Waals surface area contributed by atoms with E-state index in [1.54, 1.807) is 12.3 Å². The van der Waals surface area contributed by atoms with Crippen molar-refractivity contribution in [2.45, 2.75) is 12.8 Å². The van der Waals surface area contributed by atoms with Gasteiger partial charge in [-0.25, -0.2) is 22.9 Å². The lowest BCUT2D eigenvalue weighted by atomic mass is 10.2. The molecule has 1 aromatic heterocycles. The Morgan fingerprint density at radius 2 is 1.70 bits per heavy atom. The Kier molecular flexibility index (Phi) is 6.70. The number of ether oxygens (including phenoxy) is 1. The van der Waals surface area contributed by atoms with Crippen LogP contribution in [0.15, 0.2) is 48.7 Å². The summed E-state index contributed by atoms with van der Waals surface area (Å²) in [4.78, 5) is 23.3. The first kappa shape index (κ1) is 24.6. The fourth-order valence-corrected chi connectivity index (χ4v) is 4.00. The summed E-state index contributed by atoms with van der Waals surface area (Å²) in [7, 11) is 0. The minimum absolute atomic E-state index is 0.00411. The Morgan fingerprint density at radius 3 is 2.46 bits per heavy atom. The van der Waals surface area contributed by atoms with Crippen LogP contribution in [0.25, 0.3) is 11.0 Å². The van der Waals surface area contributed by atoms with Gasteiger partial charge in [0.15, 0.2) is 11.6 Å². The first-order valence-electron chi connectivity index (χ1n) is 11.2. The van der Waals surface area contributed by atoms with Gasteiger partial charge in [0, 0.05) is 30.9 Å². The molecule has 0 atom stereocenters. The van der Waals surface area contributed by atoms with Crippen LogP contribution in [0.1, 0.15) is 12.8 Å². The summed E-state index contributed by atoms with van der Waals surface area (Å²) in [6.45, 7) is 1.71. The number of rotatable bonds is 5. The van der Waals surface area contributed by atoms with Gasteiger partial charge in [-0.2, -0.15) is 4.39 Å². The molecular formula is C25H18ClF4N5O2. The maximum Gasteiger partial charge on any atom is 0.323 e. The van der Waals surface area contributed by atoms with Gasteiger partial charge in [-0.05, 0) is 43.2 Å². The lowest BCUT2D eigenvalue weighted by Gasteiger charge is -2.16. The normalized spacial score (nSPS) is 13.2. The molecule has 0 bridgehead atoms. The molecule has 190 valence electrons. The SMILES string of the molecule is O=C(Nc1ccc(Cl)c(F)c1)Nc1cc(F)c(F)c(Oc2ccc3ncc(N4CCCC4)nc3c2)c1F. The number of carbonyl (C=O) groups excluding carboxylic acids is 1. The smallest absolute Gasteiger partial charge is 0.323 e. The molecule has 0 saturated carbocycles. The maximum absolute atomic E-state index is 15.1. The molecule has 2 amide bonds. The molecule has 1 aliphatic heterocycles. The number of nitrogens with one attached hydrogen (secondary N) is 2. The van der Waals surface area contributed by atoms with E-state index in [1.165, 1.54) is 24.3 Å². The molecule has 0 radical (unpaired) electrons. The highest BCUT2D eigenvalue weighted by Gasteiger charge is 2.23. The number of nitrogens with zero attached hydrogens (tertiary/aromatic N) is 3. The van der Waals surface area contributed by atoms with Crippen molar-refractivity contribution in [3.05, 3.63) is 77.0 Å². The van der Waals surface area contributed by atoms with Crippen molar-refractivity contribution < 1.29 is 27.1 Å². The zero-order chi connectivity index (χ0) is 26.1. The van der Waals surface area contributed by atoms with Gasteiger partial charge in [-0.15, -0.1) is 0 Å². The fourth-order valence-electron chi connectivity index (χ4n) is 3.88. The number of anilines is 3. The van der Waals surface area contributed by atoms with Gasteiger partial charge in [0.2, 0.25) is 11.6 Å². The number of amides is 2. The van der Waals surface area contributed by atoms with E-state index in [0.29, 0.717) is 22.9 Å². The van der Waals surface area contributed by atoms with Gasteiger partial charge in [0.25, 0.3) is 0 Å². The molecule has 37 heavy (non-hydrogen) atoms. The van der Waals surface area contributed by atoms with E-state index in [4.69, 9.17) is 16.3 Å². The van der Waals surface area contributed by atoms with Crippen molar-refractivity contribution in [3.8, 4) is 11.5 Å². The second kappa shape index (κ2) is 10.1. The lowest BCUT2D eigenvalue weighted by molar-refractivity contribution is 0.262. The molecular weight excluding hydrogens is 514 g/mol. The predicted molar refractivity (Wildman–Crippen MR) is 131 cm³/mol. The minimum atomic E-state index is -1.58. The van der Waals surface area contributed by atoms with E-state index in [1.807, 2.05) is 0 Å². The van der Waals surface area contributed by atoms with Crippen LogP contribution in [0.3, 0.4) is 0 Å². The zero-order valence-corrected chi connectivity index (χ0v) is 19.8. The molecule has 1 saturated heterocycles. The van der Waals surface area contributed by atoms with Crippen molar-refractivity contribution in [2.75, 3.05) is 28.6 Å². The third-order valence-corrected chi connectivity index (χ3v) is 6.00. The first-order valence-corrected chi connectivity index (χ1v) is 11.6. The van der Waals surface area contributed by atoms with Crippen LogP contribution in [-0.4, -0.2) is 29.1 Å². The van der Waals surface area contributed by atoms with Crippen LogP contribution in [0.2, 0.25) is 5.02 Å². The molecule has 0 aliphatic carbocycles. The Labute approximate surface area is 213 Å². The van der Waals surface area contributed by atoms with E-state index < -0.39 is 40.7 Å². The van der Waals surface area contributed by atoms with Gasteiger partial charge >= 0.3 is 6.03 Å². The molecule has 0 unspecified atom stereocenters. The topological polar surface area (TPSA) is 79.4 Å². The molecule has 2 N–H and O–H groups in total. The number of urea groups is 1. The quantitative estimate of drug-likeness (QED) is 0.217. The Hall–Kier alpha value is -4.12. The highest BCUT2D eigenvalue weighted by Crippen LogP contribution is 2.35. The molecule has 4 aromatic rings. The molecule has 0 spiro atoms. The van der Waals surface area contributed by atoms with E-state index in [0.717, 1.165) is 32.0 Å². The summed E-state index contributed by atoms with van der Waals surface area (Å²) in [6.07, 6.45) is 3.75. The largest absolute Gasteiger partial charge is 0.451 e. The van der Waals surface area contributed by atoms with Crippen LogP contribution in [0, 0.1) is 23.3 Å². The van der Waals surface area contributed by atoms with Gasteiger partial charge in [0.05, 0.1) is 27.9 Å². The van der Waals surface area contributed by atoms with E-state index in [2.05, 4.69) is 25.5 Å². The summed E-state index contributed by atoms with van der Waals surface area (Å²) < 4.78 is 62.9. The fraction of sp³-hybridized carbons (Fsp3) is 0.160. The van der Waals surface area contributed by atoms with Crippen LogP contribution >= 0.6 is 11.6 Å². The maximum atomic E-state index is 15.1. The molecule has 2 heterocycles. The van der Waals surface area contributed by atoms with Gasteiger partial charge in [-0.3, -0.25) is 4.98 Å². The highest BCUT2D eigenvalue weighted by atomic mass is 35.5. The molecule has 5 rings (SSSR count). The van der Waals surface area contributed by atoms with Crippen molar-refractivity contribution in [1.82, 2.24) is 9.97 Å². The van der Waals surface area contributed by atoms with Crippen LogP contribution in [-0.2, 0) is 0 Å². The van der Waals surface area contributed by atoms with Gasteiger partial charge < -0.3 is 20.3 Å². The zero-order valence-electron chi connectivity index (χ0n) is 19.0. The number of aromatic nitrogens is 2. The monoisotopic (exact) mass is 531 g/mol. The Balaban J connectivity index is 1.39. The number of hydrogen-bond acceptors (Lipinski definition) is 5. The van der Waals surface area contributed by atoms with Crippen molar-refractivity contribution in [3.63, 3.8) is 0 Å². The lowest BCUT2D eigenvalue weighted by Crippen LogP contribution is -2.20. The molecule has 7 nitrogen and oxygen atoms in total. The number of benzene rings is 3. The Morgan fingerprint density at radius 1 is 0.919 bits per heavy atom. The minimum Gasteiger partial charge on any atom is -0.451 e. The van der Waals surface area contributed by atoms with Crippen molar-refractivity contribution >= 4 is 45.9 Å². The molecule has 3 aromatic carbocycles. The van der Waals surface area contributed by atoms with Crippen molar-refractivity contribution in [1.29, 1.82) is 0 Å². The van der Waals surface area contributed by atoms with E-state index >= 15 is 4.39 Å². The van der Waals surface area contributed by atoms with Crippen LogP contribution in [0.4, 0.5) is 39.5 Å².